The first kappa shape index (κ1) is 28.2. The van der Waals surface area contributed by atoms with Crippen molar-refractivity contribution >= 4 is 63.7 Å². The molecular weight excluding hydrogens is 583 g/mol. The topological polar surface area (TPSA) is 230 Å². The van der Waals surface area contributed by atoms with E-state index in [-0.39, 0.29) is 34.2 Å². The molecule has 0 aromatic carbocycles. The predicted molar refractivity (Wildman–Crippen MR) is 146 cm³/mol. The Kier molecular flexibility index (Phi) is 8.81. The summed E-state index contributed by atoms with van der Waals surface area (Å²) < 4.78 is 5.68. The summed E-state index contributed by atoms with van der Waals surface area (Å²) in [5, 5.41) is 28.4. The maximum absolute atomic E-state index is 13.2. The number of aliphatic carboxylic acids is 1. The van der Waals surface area contributed by atoms with Gasteiger partial charge in [0.1, 0.15) is 23.2 Å². The van der Waals surface area contributed by atoms with Crippen LogP contribution in [0.3, 0.4) is 0 Å². The molecule has 2 aromatic heterocycles. The molecule has 1 saturated carbocycles. The standard InChI is InChI=1S/C21H27N11O5S3/c22-6-3-7-31-21(26-29-30-31)39-9-10-8-38-18-13(17(34)32(18)14(10)19(35)36)24-16(33)12(15-25-20(23)40-28-15)27-37-11-4-1-2-5-11/h11,13,18H,1-9,22H2,(H,24,33)(H,35,36)(H2,23,25,28)/b27-12-/t13?,18-/m1/s1. The summed E-state index contributed by atoms with van der Waals surface area (Å²) in [5.74, 6) is -1.86. The van der Waals surface area contributed by atoms with Crippen LogP contribution in [-0.2, 0) is 25.8 Å². The average molecular weight is 610 g/mol. The minimum Gasteiger partial charge on any atom is -0.477 e. The summed E-state index contributed by atoms with van der Waals surface area (Å²) in [6, 6.07) is -0.961. The Hall–Kier alpha value is -3.29. The second kappa shape index (κ2) is 12.5. The Morgan fingerprint density at radius 3 is 2.80 bits per heavy atom. The Morgan fingerprint density at radius 2 is 2.10 bits per heavy atom. The van der Waals surface area contributed by atoms with E-state index in [1.807, 2.05) is 0 Å². The Labute approximate surface area is 240 Å². The average Bonchev–Trinajstić information content (AvgIpc) is 3.71. The molecule has 2 aromatic rings. The highest BCUT2D eigenvalue weighted by molar-refractivity contribution is 8.01. The van der Waals surface area contributed by atoms with Gasteiger partial charge in [-0.25, -0.2) is 9.48 Å². The van der Waals surface area contributed by atoms with E-state index in [1.54, 1.807) is 4.68 Å². The molecule has 4 heterocycles. The molecule has 2 atom stereocenters. The van der Waals surface area contributed by atoms with Crippen molar-refractivity contribution in [2.45, 2.75) is 61.3 Å². The van der Waals surface area contributed by atoms with Crippen molar-refractivity contribution in [3.63, 3.8) is 0 Å². The van der Waals surface area contributed by atoms with Crippen molar-refractivity contribution in [1.29, 1.82) is 0 Å². The van der Waals surface area contributed by atoms with Crippen LogP contribution >= 0.6 is 35.1 Å². The number of nitrogen functional groups attached to an aromatic ring is 1. The number of carbonyl (C=O) groups excluding carboxylic acids is 2. The number of β-lactam (4-membered cyclic amide) rings is 1. The zero-order chi connectivity index (χ0) is 28.2. The molecule has 1 aliphatic carbocycles. The zero-order valence-corrected chi connectivity index (χ0v) is 23.6. The fraction of sp³-hybridized carbons (Fsp3) is 0.571. The van der Waals surface area contributed by atoms with Crippen molar-refractivity contribution in [1.82, 2.24) is 39.8 Å². The van der Waals surface area contributed by atoms with Crippen LogP contribution in [0.25, 0.3) is 0 Å². The van der Waals surface area contributed by atoms with Gasteiger partial charge >= 0.3 is 5.97 Å². The summed E-state index contributed by atoms with van der Waals surface area (Å²) in [6.07, 6.45) is 4.26. The molecule has 0 bridgehead atoms. The largest absolute Gasteiger partial charge is 0.477 e. The smallest absolute Gasteiger partial charge is 0.352 e. The highest BCUT2D eigenvalue weighted by Gasteiger charge is 2.54. The van der Waals surface area contributed by atoms with E-state index in [0.717, 1.165) is 37.2 Å². The third-order valence-corrected chi connectivity index (χ3v) is 9.37. The number of oxime groups is 1. The summed E-state index contributed by atoms with van der Waals surface area (Å²) in [6.45, 7) is 1.03. The molecule has 19 heteroatoms. The number of fused-ring (bicyclic) bond motifs is 1. The normalized spacial score (nSPS) is 21.4. The van der Waals surface area contributed by atoms with Gasteiger partial charge in [-0.05, 0) is 54.6 Å². The highest BCUT2D eigenvalue weighted by atomic mass is 32.2. The molecular formula is C21H27N11O5S3. The van der Waals surface area contributed by atoms with Crippen LogP contribution < -0.4 is 16.8 Å². The number of nitrogens with zero attached hydrogens (tertiary/aromatic N) is 8. The molecule has 2 aliphatic heterocycles. The quantitative estimate of drug-likeness (QED) is 0.104. The van der Waals surface area contributed by atoms with E-state index in [1.165, 1.54) is 28.4 Å². The number of amides is 2. The molecule has 0 radical (unpaired) electrons. The lowest BCUT2D eigenvalue weighted by Gasteiger charge is -2.49. The van der Waals surface area contributed by atoms with Gasteiger partial charge in [0.2, 0.25) is 16.7 Å². The van der Waals surface area contributed by atoms with E-state index in [2.05, 4.69) is 35.4 Å². The Balaban J connectivity index is 1.28. The maximum Gasteiger partial charge on any atom is 0.352 e. The van der Waals surface area contributed by atoms with Crippen LogP contribution in [0, 0.1) is 0 Å². The van der Waals surface area contributed by atoms with E-state index in [4.69, 9.17) is 16.3 Å². The molecule has 3 aliphatic rings. The van der Waals surface area contributed by atoms with Gasteiger partial charge in [-0.3, -0.25) is 14.5 Å². The molecule has 1 saturated heterocycles. The number of hydrogen-bond donors (Lipinski definition) is 4. The molecule has 40 heavy (non-hydrogen) atoms. The van der Waals surface area contributed by atoms with Gasteiger partial charge in [-0.2, -0.15) is 9.36 Å². The lowest BCUT2D eigenvalue weighted by atomic mass is 10.0. The number of thioether (sulfide) groups is 2. The summed E-state index contributed by atoms with van der Waals surface area (Å²) in [5.41, 5.74) is 11.5. The predicted octanol–water partition coefficient (Wildman–Crippen LogP) is -0.350. The second-order valence-electron chi connectivity index (χ2n) is 9.14. The lowest BCUT2D eigenvalue weighted by molar-refractivity contribution is -0.150. The van der Waals surface area contributed by atoms with Crippen LogP contribution in [0.15, 0.2) is 21.6 Å². The van der Waals surface area contributed by atoms with Crippen molar-refractivity contribution in [3.8, 4) is 0 Å². The molecule has 214 valence electrons. The van der Waals surface area contributed by atoms with Gasteiger partial charge in [-0.1, -0.05) is 16.9 Å². The monoisotopic (exact) mass is 609 g/mol. The number of anilines is 1. The third-order valence-electron chi connectivity index (χ3n) is 6.45. The van der Waals surface area contributed by atoms with Crippen LogP contribution in [0.2, 0.25) is 0 Å². The van der Waals surface area contributed by atoms with Gasteiger partial charge in [0.25, 0.3) is 11.8 Å². The number of nitrogens with two attached hydrogens (primary N) is 2. The Bertz CT molecular complexity index is 1340. The van der Waals surface area contributed by atoms with E-state index in [0.29, 0.717) is 36.0 Å². The Morgan fingerprint density at radius 1 is 1.30 bits per heavy atom. The second-order valence-corrected chi connectivity index (χ2v) is 12.0. The van der Waals surface area contributed by atoms with Gasteiger partial charge in [0.15, 0.2) is 5.13 Å². The van der Waals surface area contributed by atoms with Crippen LogP contribution in [0.1, 0.15) is 37.9 Å². The van der Waals surface area contributed by atoms with Gasteiger partial charge in [0.05, 0.1) is 0 Å². The molecule has 16 nitrogen and oxygen atoms in total. The summed E-state index contributed by atoms with van der Waals surface area (Å²) >= 11 is 3.55. The van der Waals surface area contributed by atoms with Crippen LogP contribution in [0.5, 0.6) is 0 Å². The number of aryl methyl sites for hydroxylation is 1. The van der Waals surface area contributed by atoms with Crippen LogP contribution in [-0.4, -0.2) is 98.6 Å². The molecule has 2 fully saturated rings. The SMILES string of the molecule is NCCCn1nnnc1SCC1=C(C(=O)O)N2C(=O)C(NC(=O)/C(=N\OC3CCCC3)c3nsc(N)n3)[C@H]2SC1. The molecule has 1 unspecified atom stereocenters. The number of carboxylic acid groups (broad SMARTS) is 1. The fourth-order valence-corrected chi connectivity index (χ4v) is 7.30. The van der Waals surface area contributed by atoms with Gasteiger partial charge in [0, 0.05) is 29.6 Å². The molecule has 6 N–H and O–H groups in total. The molecule has 5 rings (SSSR count). The van der Waals surface area contributed by atoms with E-state index in [9.17, 15) is 19.5 Å². The highest BCUT2D eigenvalue weighted by Crippen LogP contribution is 2.41. The zero-order valence-electron chi connectivity index (χ0n) is 21.1. The van der Waals surface area contributed by atoms with Crippen molar-refractivity contribution in [2.24, 2.45) is 10.9 Å². The van der Waals surface area contributed by atoms with E-state index >= 15 is 0 Å². The van der Waals surface area contributed by atoms with Gasteiger partial charge in [-0.15, -0.1) is 16.9 Å². The van der Waals surface area contributed by atoms with Crippen molar-refractivity contribution < 1.29 is 24.3 Å². The molecule has 2 amide bonds. The fourth-order valence-electron chi connectivity index (χ4n) is 4.47. The number of carbonyl (C=O) groups is 3. The summed E-state index contributed by atoms with van der Waals surface area (Å²) in [4.78, 5) is 49.4. The number of aromatic nitrogens is 6. The first-order valence-electron chi connectivity index (χ1n) is 12.5. The minimum atomic E-state index is -1.23. The van der Waals surface area contributed by atoms with E-state index < -0.39 is 29.2 Å². The third kappa shape index (κ3) is 5.91. The maximum atomic E-state index is 13.2. The number of tetrazole rings is 1. The first-order valence-corrected chi connectivity index (χ1v) is 15.3. The lowest BCUT2D eigenvalue weighted by Crippen LogP contribution is -2.71. The number of carboxylic acids is 1. The molecule has 0 spiro atoms. The van der Waals surface area contributed by atoms with Crippen molar-refractivity contribution in [2.75, 3.05) is 23.8 Å². The first-order chi connectivity index (χ1) is 19.4. The number of rotatable bonds is 12. The summed E-state index contributed by atoms with van der Waals surface area (Å²) in [7, 11) is 0. The number of hydrogen-bond acceptors (Lipinski definition) is 15. The minimum absolute atomic E-state index is 0.00263. The van der Waals surface area contributed by atoms with Gasteiger partial charge < -0.3 is 26.7 Å². The van der Waals surface area contributed by atoms with Crippen LogP contribution in [0.4, 0.5) is 5.13 Å². The number of nitrogens with one attached hydrogen (secondary N) is 1. The van der Waals surface area contributed by atoms with Crippen molar-refractivity contribution in [3.05, 3.63) is 17.1 Å².